The maximum atomic E-state index is 5.36. The first kappa shape index (κ1) is 8.76. The molecule has 0 atom stereocenters. The third-order valence-electron chi connectivity index (χ3n) is 2.85. The van der Waals surface area contributed by atoms with Crippen LogP contribution < -0.4 is 0 Å². The maximum absolute atomic E-state index is 5.36. The third-order valence-corrected chi connectivity index (χ3v) is 2.85. The second kappa shape index (κ2) is 3.93. The van der Waals surface area contributed by atoms with Gasteiger partial charge in [0.15, 0.2) is 0 Å². The van der Waals surface area contributed by atoms with Gasteiger partial charge in [0.1, 0.15) is 0 Å². The summed E-state index contributed by atoms with van der Waals surface area (Å²) in [4.78, 5) is 0. The first-order chi connectivity index (χ1) is 6.38. The highest BCUT2D eigenvalue weighted by Gasteiger charge is 2.16. The molecule has 0 saturated carbocycles. The van der Waals surface area contributed by atoms with Crippen molar-refractivity contribution in [3.63, 3.8) is 0 Å². The van der Waals surface area contributed by atoms with Crippen LogP contribution in [0.4, 0.5) is 0 Å². The lowest BCUT2D eigenvalue weighted by atomic mass is 9.89. The minimum Gasteiger partial charge on any atom is -0.381 e. The van der Waals surface area contributed by atoms with Crippen molar-refractivity contribution in [2.75, 3.05) is 13.2 Å². The number of rotatable bonds is 1. The van der Waals surface area contributed by atoms with E-state index in [1.807, 2.05) is 0 Å². The number of aryl methyl sites for hydroxylation is 1. The van der Waals surface area contributed by atoms with Gasteiger partial charge in [-0.25, -0.2) is 0 Å². The molecule has 2 rings (SSSR count). The molecule has 1 aliphatic heterocycles. The predicted molar refractivity (Wildman–Crippen MR) is 54.0 cm³/mol. The van der Waals surface area contributed by atoms with Crippen molar-refractivity contribution >= 4 is 0 Å². The summed E-state index contributed by atoms with van der Waals surface area (Å²) in [6.07, 6.45) is 2.37. The van der Waals surface area contributed by atoms with Crippen LogP contribution in [0.1, 0.15) is 29.9 Å². The summed E-state index contributed by atoms with van der Waals surface area (Å²) in [7, 11) is 0. The first-order valence-corrected chi connectivity index (χ1v) is 5.01. The summed E-state index contributed by atoms with van der Waals surface area (Å²) in [6.45, 7) is 4.06. The molecule has 0 amide bonds. The molecule has 13 heavy (non-hydrogen) atoms. The highest BCUT2D eigenvalue weighted by molar-refractivity contribution is 5.29. The highest BCUT2D eigenvalue weighted by atomic mass is 16.5. The molecule has 1 heterocycles. The molecular weight excluding hydrogens is 160 g/mol. The Kier molecular flexibility index (Phi) is 2.65. The molecule has 0 bridgehead atoms. The van der Waals surface area contributed by atoms with Gasteiger partial charge >= 0.3 is 0 Å². The van der Waals surface area contributed by atoms with Gasteiger partial charge in [-0.3, -0.25) is 0 Å². The van der Waals surface area contributed by atoms with E-state index in [-0.39, 0.29) is 0 Å². The molecular formula is C12H16O. The van der Waals surface area contributed by atoms with Crippen molar-refractivity contribution < 1.29 is 4.74 Å². The quantitative estimate of drug-likeness (QED) is 0.639. The Balaban J connectivity index is 2.18. The topological polar surface area (TPSA) is 9.23 Å². The summed E-state index contributed by atoms with van der Waals surface area (Å²) in [6, 6.07) is 8.70. The Morgan fingerprint density at radius 3 is 2.54 bits per heavy atom. The second-order valence-corrected chi connectivity index (χ2v) is 3.74. The lowest BCUT2D eigenvalue weighted by Crippen LogP contribution is -2.14. The molecule has 1 saturated heterocycles. The Morgan fingerprint density at radius 2 is 1.85 bits per heavy atom. The van der Waals surface area contributed by atoms with Gasteiger partial charge in [-0.2, -0.15) is 0 Å². The lowest BCUT2D eigenvalue weighted by molar-refractivity contribution is 0.0852. The van der Waals surface area contributed by atoms with Crippen LogP contribution in [0.2, 0.25) is 0 Å². The van der Waals surface area contributed by atoms with Crippen LogP contribution in [0.25, 0.3) is 0 Å². The Morgan fingerprint density at radius 1 is 1.15 bits per heavy atom. The Bertz CT molecular complexity index is 274. The van der Waals surface area contributed by atoms with E-state index in [2.05, 4.69) is 31.2 Å². The van der Waals surface area contributed by atoms with Crippen LogP contribution in [0, 0.1) is 6.92 Å². The molecule has 1 aromatic carbocycles. The first-order valence-electron chi connectivity index (χ1n) is 5.01. The van der Waals surface area contributed by atoms with Crippen molar-refractivity contribution in [3.8, 4) is 0 Å². The van der Waals surface area contributed by atoms with Crippen LogP contribution >= 0.6 is 0 Å². The molecule has 1 heteroatoms. The molecule has 0 aliphatic carbocycles. The summed E-state index contributed by atoms with van der Waals surface area (Å²) >= 11 is 0. The van der Waals surface area contributed by atoms with Crippen molar-refractivity contribution in [1.82, 2.24) is 0 Å². The predicted octanol–water partition coefficient (Wildman–Crippen LogP) is 2.89. The summed E-state index contributed by atoms with van der Waals surface area (Å²) < 4.78 is 5.36. The Hall–Kier alpha value is -0.820. The van der Waals surface area contributed by atoms with Gasteiger partial charge in [0.2, 0.25) is 0 Å². The fourth-order valence-corrected chi connectivity index (χ4v) is 2.05. The average molecular weight is 176 g/mol. The van der Waals surface area contributed by atoms with Crippen molar-refractivity contribution in [1.29, 1.82) is 0 Å². The van der Waals surface area contributed by atoms with Gasteiger partial charge in [-0.15, -0.1) is 0 Å². The number of hydrogen-bond donors (Lipinski definition) is 0. The van der Waals surface area contributed by atoms with E-state index in [0.29, 0.717) is 0 Å². The van der Waals surface area contributed by atoms with Gasteiger partial charge in [-0.1, -0.05) is 24.3 Å². The normalized spacial score (nSPS) is 18.8. The molecule has 70 valence electrons. The zero-order valence-electron chi connectivity index (χ0n) is 8.12. The molecule has 1 aromatic rings. The largest absolute Gasteiger partial charge is 0.381 e. The molecule has 1 aliphatic rings. The number of benzene rings is 1. The zero-order chi connectivity index (χ0) is 9.10. The Labute approximate surface area is 79.7 Å². The summed E-state index contributed by atoms with van der Waals surface area (Å²) in [5, 5.41) is 0. The molecule has 0 aromatic heterocycles. The van der Waals surface area contributed by atoms with E-state index in [1.165, 1.54) is 24.0 Å². The highest BCUT2D eigenvalue weighted by Crippen LogP contribution is 2.28. The van der Waals surface area contributed by atoms with E-state index in [4.69, 9.17) is 4.74 Å². The standard InChI is InChI=1S/C12H16O/c1-10-4-2-3-5-12(10)11-6-8-13-9-7-11/h2-5,11H,6-9H2,1H3. The van der Waals surface area contributed by atoms with E-state index >= 15 is 0 Å². The van der Waals surface area contributed by atoms with Crippen LogP contribution in [-0.2, 0) is 4.74 Å². The molecule has 1 nitrogen and oxygen atoms in total. The molecule has 0 N–H and O–H groups in total. The monoisotopic (exact) mass is 176 g/mol. The lowest BCUT2D eigenvalue weighted by Gasteiger charge is -2.23. The number of ether oxygens (including phenoxy) is 1. The van der Waals surface area contributed by atoms with Gasteiger partial charge in [0.25, 0.3) is 0 Å². The molecule has 1 fully saturated rings. The van der Waals surface area contributed by atoms with Gasteiger partial charge in [0, 0.05) is 13.2 Å². The fourth-order valence-electron chi connectivity index (χ4n) is 2.05. The van der Waals surface area contributed by atoms with Crippen LogP contribution in [0.15, 0.2) is 24.3 Å². The fraction of sp³-hybridized carbons (Fsp3) is 0.500. The molecule has 0 unspecified atom stereocenters. The minimum absolute atomic E-state index is 0.731. The average Bonchev–Trinajstić information content (AvgIpc) is 2.20. The maximum Gasteiger partial charge on any atom is 0.0471 e. The van der Waals surface area contributed by atoms with E-state index in [1.54, 1.807) is 0 Å². The van der Waals surface area contributed by atoms with Crippen molar-refractivity contribution in [2.24, 2.45) is 0 Å². The van der Waals surface area contributed by atoms with Gasteiger partial charge in [-0.05, 0) is 36.8 Å². The van der Waals surface area contributed by atoms with Crippen LogP contribution in [-0.4, -0.2) is 13.2 Å². The summed E-state index contributed by atoms with van der Waals surface area (Å²) in [5.41, 5.74) is 2.94. The number of hydrogen-bond acceptors (Lipinski definition) is 1. The molecule has 0 spiro atoms. The smallest absolute Gasteiger partial charge is 0.0471 e. The van der Waals surface area contributed by atoms with Gasteiger partial charge in [0.05, 0.1) is 0 Å². The third kappa shape index (κ3) is 1.92. The van der Waals surface area contributed by atoms with Crippen LogP contribution in [0.3, 0.4) is 0 Å². The zero-order valence-corrected chi connectivity index (χ0v) is 8.12. The van der Waals surface area contributed by atoms with Crippen LogP contribution in [0.5, 0.6) is 0 Å². The summed E-state index contributed by atoms with van der Waals surface area (Å²) in [5.74, 6) is 0.731. The van der Waals surface area contributed by atoms with Crippen molar-refractivity contribution in [2.45, 2.75) is 25.7 Å². The van der Waals surface area contributed by atoms with E-state index in [0.717, 1.165) is 19.1 Å². The SMILES string of the molecule is Cc1ccccc1C1CCOCC1. The second-order valence-electron chi connectivity index (χ2n) is 3.74. The minimum atomic E-state index is 0.731. The van der Waals surface area contributed by atoms with E-state index < -0.39 is 0 Å². The van der Waals surface area contributed by atoms with Crippen molar-refractivity contribution in [3.05, 3.63) is 35.4 Å². The molecule has 0 radical (unpaired) electrons. The van der Waals surface area contributed by atoms with E-state index in [9.17, 15) is 0 Å². The van der Waals surface area contributed by atoms with Gasteiger partial charge < -0.3 is 4.74 Å².